The van der Waals surface area contributed by atoms with Crippen molar-refractivity contribution in [2.75, 3.05) is 19.7 Å². The van der Waals surface area contributed by atoms with Gasteiger partial charge in [-0.3, -0.25) is 4.79 Å². The molecular weight excluding hydrogens is 390 g/mol. The van der Waals surface area contributed by atoms with Crippen LogP contribution in [0.2, 0.25) is 0 Å². The Morgan fingerprint density at radius 1 is 1.00 bits per heavy atom. The molecule has 6 nitrogen and oxygen atoms in total. The summed E-state index contributed by atoms with van der Waals surface area (Å²) in [6.45, 7) is 3.36. The van der Waals surface area contributed by atoms with Gasteiger partial charge in [0.1, 0.15) is 5.75 Å². The number of carboxylic acids is 1. The molecule has 1 aliphatic heterocycles. The Kier molecular flexibility index (Phi) is 9.94. The van der Waals surface area contributed by atoms with Gasteiger partial charge in [-0.1, -0.05) is 51.9 Å². The number of sulfonamides is 1. The van der Waals surface area contributed by atoms with Gasteiger partial charge in [0.05, 0.1) is 17.4 Å². The van der Waals surface area contributed by atoms with Gasteiger partial charge in [-0.15, -0.1) is 0 Å². The number of carboxylic acid groups (broad SMARTS) is 1. The standard InChI is InChI=1S/C22H35NO5S/c1-2-3-4-5-6-7-8-9-18-28-20-10-12-21(13-11-20)29(26,27)23-16-14-19(15-17-23)22(24)25/h10-13,19H,2-9,14-18H2,1H3,(H,24,25). The second-order valence-corrected chi connectivity index (χ2v) is 9.75. The van der Waals surface area contributed by atoms with Crippen LogP contribution in [0.3, 0.4) is 0 Å². The lowest BCUT2D eigenvalue weighted by molar-refractivity contribution is -0.142. The molecule has 1 aromatic rings. The van der Waals surface area contributed by atoms with Crippen molar-refractivity contribution in [2.24, 2.45) is 5.92 Å². The number of carbonyl (C=O) groups is 1. The van der Waals surface area contributed by atoms with Crippen molar-refractivity contribution < 1.29 is 23.1 Å². The fourth-order valence-corrected chi connectivity index (χ4v) is 5.10. The lowest BCUT2D eigenvalue weighted by atomic mass is 9.99. The number of hydrogen-bond acceptors (Lipinski definition) is 4. The highest BCUT2D eigenvalue weighted by Crippen LogP contribution is 2.25. The summed E-state index contributed by atoms with van der Waals surface area (Å²) >= 11 is 0. The Labute approximate surface area is 175 Å². The zero-order chi connectivity index (χ0) is 21.1. The van der Waals surface area contributed by atoms with Crippen LogP contribution in [-0.2, 0) is 14.8 Å². The molecule has 1 aromatic carbocycles. The first-order valence-electron chi connectivity index (χ1n) is 10.9. The molecule has 0 radical (unpaired) electrons. The minimum absolute atomic E-state index is 0.228. The van der Waals surface area contributed by atoms with E-state index in [1.807, 2.05) is 0 Å². The third-order valence-corrected chi connectivity index (χ3v) is 7.44. The molecule has 1 heterocycles. The van der Waals surface area contributed by atoms with E-state index in [2.05, 4.69) is 6.92 Å². The summed E-state index contributed by atoms with van der Waals surface area (Å²) in [7, 11) is -3.59. The van der Waals surface area contributed by atoms with E-state index in [4.69, 9.17) is 9.84 Å². The topological polar surface area (TPSA) is 83.9 Å². The van der Waals surface area contributed by atoms with Gasteiger partial charge in [0.15, 0.2) is 0 Å². The van der Waals surface area contributed by atoms with Crippen molar-refractivity contribution in [3.8, 4) is 5.75 Å². The zero-order valence-electron chi connectivity index (χ0n) is 17.5. The highest BCUT2D eigenvalue weighted by molar-refractivity contribution is 7.89. The van der Waals surface area contributed by atoms with Crippen LogP contribution in [0.1, 0.15) is 71.1 Å². The van der Waals surface area contributed by atoms with Crippen LogP contribution in [-0.4, -0.2) is 43.5 Å². The molecule has 0 aliphatic carbocycles. The molecule has 1 N–H and O–H groups in total. The van der Waals surface area contributed by atoms with E-state index in [1.165, 1.54) is 42.8 Å². The van der Waals surface area contributed by atoms with E-state index in [-0.39, 0.29) is 18.0 Å². The molecule has 29 heavy (non-hydrogen) atoms. The minimum atomic E-state index is -3.59. The molecule has 1 aliphatic rings. The number of benzene rings is 1. The fourth-order valence-electron chi connectivity index (χ4n) is 3.63. The van der Waals surface area contributed by atoms with E-state index in [0.717, 1.165) is 12.8 Å². The Bertz CT molecular complexity index is 709. The summed E-state index contributed by atoms with van der Waals surface area (Å²) in [6, 6.07) is 6.53. The molecule has 1 saturated heterocycles. The Morgan fingerprint density at radius 3 is 2.10 bits per heavy atom. The number of aliphatic carboxylic acids is 1. The molecule has 0 unspecified atom stereocenters. The van der Waals surface area contributed by atoms with Gasteiger partial charge in [0, 0.05) is 13.1 Å². The van der Waals surface area contributed by atoms with Crippen LogP contribution in [0, 0.1) is 5.92 Å². The second kappa shape index (κ2) is 12.2. The van der Waals surface area contributed by atoms with Gasteiger partial charge >= 0.3 is 5.97 Å². The summed E-state index contributed by atoms with van der Waals surface area (Å²) in [5, 5.41) is 9.06. The van der Waals surface area contributed by atoms with E-state index in [1.54, 1.807) is 24.3 Å². The summed E-state index contributed by atoms with van der Waals surface area (Å²) < 4.78 is 32.6. The van der Waals surface area contributed by atoms with Gasteiger partial charge in [-0.2, -0.15) is 4.31 Å². The first-order chi connectivity index (χ1) is 13.9. The lowest BCUT2D eigenvalue weighted by Gasteiger charge is -2.29. The summed E-state index contributed by atoms with van der Waals surface area (Å²) in [5.74, 6) is -0.620. The SMILES string of the molecule is CCCCCCCCCCOc1ccc(S(=O)(=O)N2CCC(C(=O)O)CC2)cc1. The Hall–Kier alpha value is -1.60. The Balaban J connectivity index is 1.72. The first kappa shape index (κ1) is 23.7. The Morgan fingerprint density at radius 2 is 1.55 bits per heavy atom. The molecule has 2 rings (SSSR count). The summed E-state index contributed by atoms with van der Waals surface area (Å²) in [4.78, 5) is 11.3. The van der Waals surface area contributed by atoms with E-state index >= 15 is 0 Å². The third-order valence-electron chi connectivity index (χ3n) is 5.53. The number of hydrogen-bond donors (Lipinski definition) is 1. The molecule has 0 amide bonds. The zero-order valence-corrected chi connectivity index (χ0v) is 18.3. The maximum absolute atomic E-state index is 12.7. The van der Waals surface area contributed by atoms with Crippen LogP contribution < -0.4 is 4.74 Å². The normalized spacial score (nSPS) is 16.0. The van der Waals surface area contributed by atoms with Gasteiger partial charge in [0.25, 0.3) is 0 Å². The van der Waals surface area contributed by atoms with Crippen molar-refractivity contribution in [1.29, 1.82) is 0 Å². The number of nitrogens with zero attached hydrogens (tertiary/aromatic N) is 1. The first-order valence-corrected chi connectivity index (χ1v) is 12.3. The molecule has 164 valence electrons. The molecule has 0 spiro atoms. The van der Waals surface area contributed by atoms with Gasteiger partial charge in [-0.05, 0) is 43.5 Å². The number of rotatable bonds is 13. The third kappa shape index (κ3) is 7.63. The van der Waals surface area contributed by atoms with Gasteiger partial charge in [-0.25, -0.2) is 8.42 Å². The predicted octanol–water partition coefficient (Wildman–Crippen LogP) is 4.69. The van der Waals surface area contributed by atoms with Crippen molar-refractivity contribution in [3.05, 3.63) is 24.3 Å². The maximum atomic E-state index is 12.7. The van der Waals surface area contributed by atoms with Crippen molar-refractivity contribution in [2.45, 2.75) is 76.0 Å². The van der Waals surface area contributed by atoms with E-state index in [9.17, 15) is 13.2 Å². The fraction of sp³-hybridized carbons (Fsp3) is 0.682. The molecule has 0 atom stereocenters. The molecule has 0 bridgehead atoms. The highest BCUT2D eigenvalue weighted by atomic mass is 32.2. The predicted molar refractivity (Wildman–Crippen MR) is 114 cm³/mol. The summed E-state index contributed by atoms with van der Waals surface area (Å²) in [6.07, 6.45) is 10.7. The molecule has 1 fully saturated rings. The van der Waals surface area contributed by atoms with Gasteiger partial charge in [0.2, 0.25) is 10.0 Å². The van der Waals surface area contributed by atoms with Crippen molar-refractivity contribution in [1.82, 2.24) is 4.31 Å². The van der Waals surface area contributed by atoms with Crippen LogP contribution in [0.25, 0.3) is 0 Å². The van der Waals surface area contributed by atoms with E-state index < -0.39 is 21.9 Å². The summed E-state index contributed by atoms with van der Waals surface area (Å²) in [5.41, 5.74) is 0. The number of ether oxygens (including phenoxy) is 1. The van der Waals surface area contributed by atoms with Crippen molar-refractivity contribution >= 4 is 16.0 Å². The number of unbranched alkanes of at least 4 members (excludes halogenated alkanes) is 7. The lowest BCUT2D eigenvalue weighted by Crippen LogP contribution is -2.40. The minimum Gasteiger partial charge on any atom is -0.494 e. The van der Waals surface area contributed by atoms with E-state index in [0.29, 0.717) is 25.2 Å². The van der Waals surface area contributed by atoms with Crippen molar-refractivity contribution in [3.63, 3.8) is 0 Å². The molecule has 0 saturated carbocycles. The van der Waals surface area contributed by atoms with Crippen LogP contribution in [0.15, 0.2) is 29.2 Å². The molecule has 7 heteroatoms. The quantitative estimate of drug-likeness (QED) is 0.464. The number of piperidine rings is 1. The second-order valence-electron chi connectivity index (χ2n) is 7.81. The van der Waals surface area contributed by atoms with Crippen LogP contribution in [0.4, 0.5) is 0 Å². The highest BCUT2D eigenvalue weighted by Gasteiger charge is 2.31. The average molecular weight is 426 g/mol. The molecular formula is C22H35NO5S. The largest absolute Gasteiger partial charge is 0.494 e. The average Bonchev–Trinajstić information content (AvgIpc) is 2.73. The van der Waals surface area contributed by atoms with Crippen LogP contribution in [0.5, 0.6) is 5.75 Å². The van der Waals surface area contributed by atoms with Gasteiger partial charge < -0.3 is 9.84 Å². The smallest absolute Gasteiger partial charge is 0.306 e. The monoisotopic (exact) mass is 425 g/mol. The van der Waals surface area contributed by atoms with Crippen LogP contribution >= 0.6 is 0 Å². The molecule has 0 aromatic heterocycles. The maximum Gasteiger partial charge on any atom is 0.306 e.